The zero-order chi connectivity index (χ0) is 13.8. The first-order valence-electron chi connectivity index (χ1n) is 5.37. The minimum atomic E-state index is -0.661. The SMILES string of the molecule is Nc1nonc1C(=O)NCCc1cc(F)cc(F)c1. The molecule has 1 aromatic heterocycles. The summed E-state index contributed by atoms with van der Waals surface area (Å²) in [6, 6.07) is 3.17. The first-order valence-corrected chi connectivity index (χ1v) is 5.37. The van der Waals surface area contributed by atoms with E-state index in [0.29, 0.717) is 5.56 Å². The maximum Gasteiger partial charge on any atom is 0.277 e. The molecule has 0 aliphatic heterocycles. The Kier molecular flexibility index (Phi) is 3.69. The van der Waals surface area contributed by atoms with E-state index in [4.69, 9.17) is 5.73 Å². The van der Waals surface area contributed by atoms with Gasteiger partial charge in [0.1, 0.15) is 11.6 Å². The number of anilines is 1. The van der Waals surface area contributed by atoms with Crippen LogP contribution in [0.2, 0.25) is 0 Å². The Bertz CT molecular complexity index is 580. The number of benzene rings is 1. The molecule has 100 valence electrons. The van der Waals surface area contributed by atoms with Crippen molar-refractivity contribution in [2.24, 2.45) is 0 Å². The molecular formula is C11H10F2N4O2. The highest BCUT2D eigenvalue weighted by Gasteiger charge is 2.15. The van der Waals surface area contributed by atoms with E-state index >= 15 is 0 Å². The van der Waals surface area contributed by atoms with E-state index in [9.17, 15) is 13.6 Å². The van der Waals surface area contributed by atoms with Gasteiger partial charge in [-0.3, -0.25) is 4.79 Å². The van der Waals surface area contributed by atoms with E-state index < -0.39 is 17.5 Å². The van der Waals surface area contributed by atoms with Gasteiger partial charge in [-0.05, 0) is 34.4 Å². The van der Waals surface area contributed by atoms with Crippen molar-refractivity contribution in [1.82, 2.24) is 15.6 Å². The average molecular weight is 268 g/mol. The molecule has 19 heavy (non-hydrogen) atoms. The van der Waals surface area contributed by atoms with Crippen LogP contribution in [0.5, 0.6) is 0 Å². The van der Waals surface area contributed by atoms with Gasteiger partial charge < -0.3 is 11.1 Å². The van der Waals surface area contributed by atoms with Crippen molar-refractivity contribution in [1.29, 1.82) is 0 Å². The highest BCUT2D eigenvalue weighted by Crippen LogP contribution is 2.08. The van der Waals surface area contributed by atoms with Crippen LogP contribution in [0.25, 0.3) is 0 Å². The van der Waals surface area contributed by atoms with E-state index in [1.165, 1.54) is 12.1 Å². The van der Waals surface area contributed by atoms with Crippen LogP contribution in [0.1, 0.15) is 16.1 Å². The Morgan fingerprint density at radius 1 is 1.26 bits per heavy atom. The van der Waals surface area contributed by atoms with Gasteiger partial charge >= 0.3 is 0 Å². The molecule has 0 spiro atoms. The quantitative estimate of drug-likeness (QED) is 0.859. The van der Waals surface area contributed by atoms with Crippen molar-refractivity contribution in [3.8, 4) is 0 Å². The molecule has 2 rings (SSSR count). The number of nitrogen functional groups attached to an aromatic ring is 1. The van der Waals surface area contributed by atoms with Gasteiger partial charge in [0.2, 0.25) is 11.5 Å². The van der Waals surface area contributed by atoms with Crippen LogP contribution in [0.15, 0.2) is 22.8 Å². The Balaban J connectivity index is 1.90. The third-order valence-electron chi connectivity index (χ3n) is 2.35. The zero-order valence-corrected chi connectivity index (χ0v) is 9.69. The average Bonchev–Trinajstić information content (AvgIpc) is 2.74. The third-order valence-corrected chi connectivity index (χ3v) is 2.35. The molecule has 0 atom stereocenters. The summed E-state index contributed by atoms with van der Waals surface area (Å²) in [6.07, 6.45) is 0.269. The maximum atomic E-state index is 12.9. The number of halogens is 2. The predicted molar refractivity (Wildman–Crippen MR) is 61.1 cm³/mol. The molecule has 0 aliphatic carbocycles. The van der Waals surface area contributed by atoms with Crippen LogP contribution in [-0.2, 0) is 6.42 Å². The van der Waals surface area contributed by atoms with Gasteiger partial charge in [-0.25, -0.2) is 13.4 Å². The van der Waals surface area contributed by atoms with Gasteiger partial charge in [0.25, 0.3) is 5.91 Å². The lowest BCUT2D eigenvalue weighted by Gasteiger charge is -2.04. The Morgan fingerprint density at radius 2 is 1.95 bits per heavy atom. The molecule has 3 N–H and O–H groups in total. The van der Waals surface area contributed by atoms with Gasteiger partial charge in [-0.15, -0.1) is 0 Å². The number of nitrogens with zero attached hydrogens (tertiary/aromatic N) is 2. The second-order valence-electron chi connectivity index (χ2n) is 3.78. The lowest BCUT2D eigenvalue weighted by molar-refractivity contribution is 0.0945. The monoisotopic (exact) mass is 268 g/mol. The second-order valence-corrected chi connectivity index (χ2v) is 3.78. The minimum absolute atomic E-state index is 0.116. The van der Waals surface area contributed by atoms with E-state index in [1.807, 2.05) is 0 Å². The summed E-state index contributed by atoms with van der Waals surface area (Å²) in [5.74, 6) is -2.00. The summed E-state index contributed by atoms with van der Waals surface area (Å²) in [6.45, 7) is 0.175. The Labute approximate surface area is 106 Å². The van der Waals surface area contributed by atoms with Crippen LogP contribution in [-0.4, -0.2) is 22.8 Å². The van der Waals surface area contributed by atoms with Crippen molar-refractivity contribution in [2.75, 3.05) is 12.3 Å². The summed E-state index contributed by atoms with van der Waals surface area (Å²) in [5, 5.41) is 9.07. The number of carbonyl (C=O) groups is 1. The van der Waals surface area contributed by atoms with Crippen molar-refractivity contribution in [2.45, 2.75) is 6.42 Å². The summed E-state index contributed by atoms with van der Waals surface area (Å²) < 4.78 is 30.1. The van der Waals surface area contributed by atoms with Crippen LogP contribution < -0.4 is 11.1 Å². The van der Waals surface area contributed by atoms with Crippen molar-refractivity contribution in [3.63, 3.8) is 0 Å². The summed E-state index contributed by atoms with van der Waals surface area (Å²) in [4.78, 5) is 11.5. The van der Waals surface area contributed by atoms with Crippen LogP contribution in [0.3, 0.4) is 0 Å². The molecule has 0 bridgehead atoms. The lowest BCUT2D eigenvalue weighted by Crippen LogP contribution is -2.26. The Hall–Kier alpha value is -2.51. The summed E-state index contributed by atoms with van der Waals surface area (Å²) in [7, 11) is 0. The molecule has 2 aromatic rings. The number of nitrogens with two attached hydrogens (primary N) is 1. The molecule has 8 heteroatoms. The van der Waals surface area contributed by atoms with Gasteiger partial charge in [-0.1, -0.05) is 0 Å². The largest absolute Gasteiger partial charge is 0.379 e. The molecule has 0 saturated heterocycles. The highest BCUT2D eigenvalue weighted by molar-refractivity contribution is 5.95. The predicted octanol–water partition coefficient (Wildman–Crippen LogP) is 0.903. The molecule has 1 aromatic carbocycles. The fourth-order valence-electron chi connectivity index (χ4n) is 1.51. The molecule has 1 heterocycles. The van der Waals surface area contributed by atoms with Crippen LogP contribution in [0, 0.1) is 11.6 Å². The molecule has 1 amide bonds. The zero-order valence-electron chi connectivity index (χ0n) is 9.69. The minimum Gasteiger partial charge on any atom is -0.379 e. The lowest BCUT2D eigenvalue weighted by atomic mass is 10.1. The van der Waals surface area contributed by atoms with Gasteiger partial charge in [0.05, 0.1) is 0 Å². The number of amides is 1. The molecule has 0 unspecified atom stereocenters. The summed E-state index contributed by atoms with van der Waals surface area (Å²) >= 11 is 0. The fourth-order valence-corrected chi connectivity index (χ4v) is 1.51. The van der Waals surface area contributed by atoms with Crippen LogP contribution in [0.4, 0.5) is 14.6 Å². The third kappa shape index (κ3) is 3.24. The first-order chi connectivity index (χ1) is 9.06. The van der Waals surface area contributed by atoms with Crippen molar-refractivity contribution in [3.05, 3.63) is 41.1 Å². The highest BCUT2D eigenvalue weighted by atomic mass is 19.1. The molecule has 0 aliphatic rings. The van der Waals surface area contributed by atoms with E-state index in [0.717, 1.165) is 6.07 Å². The van der Waals surface area contributed by atoms with Gasteiger partial charge in [0, 0.05) is 12.6 Å². The molecule has 0 fully saturated rings. The molecule has 6 nitrogen and oxygen atoms in total. The molecule has 0 saturated carbocycles. The smallest absolute Gasteiger partial charge is 0.277 e. The maximum absolute atomic E-state index is 12.9. The Morgan fingerprint density at radius 3 is 2.53 bits per heavy atom. The summed E-state index contributed by atoms with van der Waals surface area (Å²) in [5.41, 5.74) is 5.65. The number of hydrogen-bond acceptors (Lipinski definition) is 5. The fraction of sp³-hybridized carbons (Fsp3) is 0.182. The molecular weight excluding hydrogens is 258 g/mol. The number of hydrogen-bond donors (Lipinski definition) is 2. The van der Waals surface area contributed by atoms with E-state index in [2.05, 4.69) is 20.3 Å². The van der Waals surface area contributed by atoms with Gasteiger partial charge in [0.15, 0.2) is 0 Å². The standard InChI is InChI=1S/C11H10F2N4O2/c12-7-3-6(4-8(13)5-7)1-2-15-11(18)9-10(14)17-19-16-9/h3-5H,1-2H2,(H2,14,17)(H,15,18). The van der Waals surface area contributed by atoms with Gasteiger partial charge in [-0.2, -0.15) is 0 Å². The van der Waals surface area contributed by atoms with E-state index in [1.54, 1.807) is 0 Å². The number of aromatic nitrogens is 2. The van der Waals surface area contributed by atoms with Crippen molar-refractivity contribution >= 4 is 11.7 Å². The number of carbonyl (C=O) groups excluding carboxylic acids is 1. The molecule has 0 radical (unpaired) electrons. The number of nitrogens with one attached hydrogen (secondary N) is 1. The van der Waals surface area contributed by atoms with Crippen molar-refractivity contribution < 1.29 is 18.2 Å². The van der Waals surface area contributed by atoms with E-state index in [-0.39, 0.29) is 24.5 Å². The normalized spacial score (nSPS) is 10.4. The van der Waals surface area contributed by atoms with Crippen LogP contribution >= 0.6 is 0 Å². The first kappa shape index (κ1) is 12.9. The number of rotatable bonds is 4. The topological polar surface area (TPSA) is 94.0 Å². The second kappa shape index (κ2) is 5.42.